The Labute approximate surface area is 556 Å². The summed E-state index contributed by atoms with van der Waals surface area (Å²) in [7, 11) is -9.90. The number of rotatable bonds is 70. The molecular weight excluding hydrogens is 1200 g/mol. The smallest absolute Gasteiger partial charge is 0.462 e. The molecule has 0 aromatic heterocycles. The van der Waals surface area contributed by atoms with Crippen molar-refractivity contribution >= 4 is 39.5 Å². The van der Waals surface area contributed by atoms with E-state index in [1.165, 1.54) is 167 Å². The number of aliphatic hydroxyl groups is 1. The fraction of sp³-hybridized carbons (Fsp3) is 0.944. The number of carbonyl (C=O) groups excluding carboxylic acids is 4. The Hall–Kier alpha value is -1.94. The van der Waals surface area contributed by atoms with Crippen LogP contribution >= 0.6 is 15.6 Å². The molecule has 3 unspecified atom stereocenters. The Kier molecular flexibility index (Phi) is 61.5. The third-order valence-electron chi connectivity index (χ3n) is 17.0. The maximum atomic E-state index is 13.0. The standard InChI is InChI=1S/C72H140O17P2/c1-8-10-11-12-13-32-39-46-53-69(74)82-59-68(89-72(77)56-49-42-35-28-30-37-44-51-64(5)6)62-87-91(80,81)85-58-66(73)57-84-90(78,79)86-61-67(60-83-70(75)54-47-40-33-27-26-29-36-43-50-63(3)4)88-71(76)55-48-41-34-25-23-21-19-17-15-14-16-18-20-22-24-31-38-45-52-65(7)9-2/h63-68,73H,8-62H2,1-7H3,(H,78,79)(H,80,81)/t65?,66-,67-,68-/m1/s1. The van der Waals surface area contributed by atoms with E-state index in [4.69, 9.17) is 37.0 Å². The zero-order chi connectivity index (χ0) is 67.3. The van der Waals surface area contributed by atoms with Gasteiger partial charge in [0, 0.05) is 25.7 Å². The summed E-state index contributed by atoms with van der Waals surface area (Å²) in [4.78, 5) is 72.4. The van der Waals surface area contributed by atoms with E-state index in [9.17, 15) is 43.2 Å². The maximum absolute atomic E-state index is 13.0. The van der Waals surface area contributed by atoms with Crippen molar-refractivity contribution in [3.8, 4) is 0 Å². The summed E-state index contributed by atoms with van der Waals surface area (Å²) < 4.78 is 68.2. The Bertz CT molecular complexity index is 1790. The van der Waals surface area contributed by atoms with E-state index in [2.05, 4.69) is 48.5 Å². The molecule has 91 heavy (non-hydrogen) atoms. The van der Waals surface area contributed by atoms with Gasteiger partial charge in [0.25, 0.3) is 0 Å². The number of hydrogen-bond donors (Lipinski definition) is 3. The summed E-state index contributed by atoms with van der Waals surface area (Å²) in [6.07, 6.45) is 47.5. The van der Waals surface area contributed by atoms with Crippen molar-refractivity contribution in [1.29, 1.82) is 0 Å². The quantitative estimate of drug-likeness (QED) is 0.0222. The largest absolute Gasteiger partial charge is 0.472 e. The van der Waals surface area contributed by atoms with Crippen molar-refractivity contribution in [3.63, 3.8) is 0 Å². The van der Waals surface area contributed by atoms with E-state index >= 15 is 0 Å². The number of esters is 4. The van der Waals surface area contributed by atoms with Crippen molar-refractivity contribution in [2.75, 3.05) is 39.6 Å². The van der Waals surface area contributed by atoms with Gasteiger partial charge in [0.1, 0.15) is 19.3 Å². The molecule has 0 rings (SSSR count). The van der Waals surface area contributed by atoms with Crippen LogP contribution in [0.3, 0.4) is 0 Å². The minimum atomic E-state index is -4.95. The minimum absolute atomic E-state index is 0.103. The molecule has 0 heterocycles. The van der Waals surface area contributed by atoms with Gasteiger partial charge in [-0.05, 0) is 43.4 Å². The van der Waals surface area contributed by atoms with Gasteiger partial charge in [0.2, 0.25) is 0 Å². The van der Waals surface area contributed by atoms with Gasteiger partial charge in [-0.25, -0.2) is 9.13 Å². The van der Waals surface area contributed by atoms with E-state index in [1.807, 2.05) is 0 Å². The number of carbonyl (C=O) groups is 4. The predicted octanol–water partition coefficient (Wildman–Crippen LogP) is 20.6. The van der Waals surface area contributed by atoms with Crippen LogP contribution in [0.25, 0.3) is 0 Å². The summed E-state index contributed by atoms with van der Waals surface area (Å²) >= 11 is 0. The van der Waals surface area contributed by atoms with Crippen molar-refractivity contribution < 1.29 is 80.2 Å². The van der Waals surface area contributed by atoms with Crippen molar-refractivity contribution in [2.24, 2.45) is 17.8 Å². The van der Waals surface area contributed by atoms with E-state index in [0.29, 0.717) is 31.6 Å². The van der Waals surface area contributed by atoms with Crippen LogP contribution in [0.5, 0.6) is 0 Å². The van der Waals surface area contributed by atoms with Crippen LogP contribution in [-0.2, 0) is 65.4 Å². The number of unbranched alkanes of at least 4 members (excludes halogenated alkanes) is 37. The molecule has 540 valence electrons. The van der Waals surface area contributed by atoms with Crippen molar-refractivity contribution in [2.45, 2.75) is 381 Å². The zero-order valence-corrected chi connectivity index (χ0v) is 61.1. The number of aliphatic hydroxyl groups excluding tert-OH is 1. The van der Waals surface area contributed by atoms with E-state index in [-0.39, 0.29) is 25.7 Å². The molecule has 3 N–H and O–H groups in total. The average molecular weight is 1340 g/mol. The van der Waals surface area contributed by atoms with Crippen molar-refractivity contribution in [1.82, 2.24) is 0 Å². The molecule has 0 fully saturated rings. The third-order valence-corrected chi connectivity index (χ3v) is 18.9. The Morgan fingerprint density at radius 2 is 0.560 bits per heavy atom. The fourth-order valence-electron chi connectivity index (χ4n) is 10.9. The molecular formula is C72H140O17P2. The van der Waals surface area contributed by atoms with Crippen LogP contribution in [0.1, 0.15) is 363 Å². The first kappa shape index (κ1) is 89.1. The highest BCUT2D eigenvalue weighted by molar-refractivity contribution is 7.47. The van der Waals surface area contributed by atoms with E-state index in [1.54, 1.807) is 0 Å². The summed E-state index contributed by atoms with van der Waals surface area (Å²) in [5.41, 5.74) is 0. The molecule has 0 aliphatic carbocycles. The SMILES string of the molecule is CCCCCCCCCCC(=O)OC[C@H](COP(=O)(O)OC[C@H](O)COP(=O)(O)OC[C@@H](COC(=O)CCCCCCCCCCC(C)C)OC(=O)CCCCCCCCCCCCCCCCCCCCC(C)CC)OC(=O)CCCCCCCCCC(C)C. The molecule has 6 atom stereocenters. The predicted molar refractivity (Wildman–Crippen MR) is 368 cm³/mol. The average Bonchev–Trinajstić information content (AvgIpc) is 3.20. The van der Waals surface area contributed by atoms with Crippen LogP contribution < -0.4 is 0 Å². The molecule has 0 aromatic rings. The second-order valence-electron chi connectivity index (χ2n) is 27.2. The lowest BCUT2D eigenvalue weighted by atomic mass is 9.99. The van der Waals surface area contributed by atoms with Gasteiger partial charge >= 0.3 is 39.5 Å². The first-order valence-corrected chi connectivity index (χ1v) is 40.4. The third kappa shape index (κ3) is 65.1. The van der Waals surface area contributed by atoms with Gasteiger partial charge in [0.05, 0.1) is 26.4 Å². The second kappa shape index (κ2) is 62.8. The maximum Gasteiger partial charge on any atom is 0.472 e. The van der Waals surface area contributed by atoms with Crippen LogP contribution in [0.15, 0.2) is 0 Å². The van der Waals surface area contributed by atoms with Crippen LogP contribution in [0.4, 0.5) is 0 Å². The van der Waals surface area contributed by atoms with Crippen molar-refractivity contribution in [3.05, 3.63) is 0 Å². The van der Waals surface area contributed by atoms with Gasteiger partial charge in [-0.3, -0.25) is 37.3 Å². The summed E-state index contributed by atoms with van der Waals surface area (Å²) in [6, 6.07) is 0. The van der Waals surface area contributed by atoms with Gasteiger partial charge in [-0.1, -0.05) is 312 Å². The number of phosphoric acid groups is 2. The molecule has 0 radical (unpaired) electrons. The summed E-state index contributed by atoms with van der Waals surface area (Å²) in [5, 5.41) is 10.6. The second-order valence-corrected chi connectivity index (χ2v) is 30.1. The topological polar surface area (TPSA) is 237 Å². The van der Waals surface area contributed by atoms with Gasteiger partial charge in [-0.15, -0.1) is 0 Å². The lowest BCUT2D eigenvalue weighted by Crippen LogP contribution is -2.30. The first-order chi connectivity index (χ1) is 43.8. The van der Waals surface area contributed by atoms with Gasteiger partial charge in [-0.2, -0.15) is 0 Å². The Morgan fingerprint density at radius 1 is 0.319 bits per heavy atom. The molecule has 0 amide bonds. The molecule has 0 spiro atoms. The highest BCUT2D eigenvalue weighted by Crippen LogP contribution is 2.45. The van der Waals surface area contributed by atoms with Crippen LogP contribution in [0.2, 0.25) is 0 Å². The molecule has 0 aliphatic heterocycles. The van der Waals surface area contributed by atoms with E-state index in [0.717, 1.165) is 108 Å². The monoisotopic (exact) mass is 1340 g/mol. The normalized spacial score (nSPS) is 14.5. The highest BCUT2D eigenvalue weighted by atomic mass is 31.2. The van der Waals surface area contributed by atoms with Gasteiger partial charge in [0.15, 0.2) is 12.2 Å². The molecule has 0 saturated heterocycles. The van der Waals surface area contributed by atoms with Gasteiger partial charge < -0.3 is 33.8 Å². The summed E-state index contributed by atoms with van der Waals surface area (Å²) in [5.74, 6) is 0.163. The lowest BCUT2D eigenvalue weighted by molar-refractivity contribution is -0.161. The minimum Gasteiger partial charge on any atom is -0.462 e. The van der Waals surface area contributed by atoms with E-state index < -0.39 is 97.5 Å². The van der Waals surface area contributed by atoms with Crippen LogP contribution in [0, 0.1) is 17.8 Å². The fourth-order valence-corrected chi connectivity index (χ4v) is 12.4. The zero-order valence-electron chi connectivity index (χ0n) is 59.3. The number of ether oxygens (including phenoxy) is 4. The number of phosphoric ester groups is 2. The first-order valence-electron chi connectivity index (χ1n) is 37.4. The molecule has 0 aromatic carbocycles. The number of hydrogen-bond acceptors (Lipinski definition) is 15. The van der Waals surface area contributed by atoms with Crippen LogP contribution in [-0.4, -0.2) is 96.7 Å². The molecule has 0 saturated carbocycles. The lowest BCUT2D eigenvalue weighted by Gasteiger charge is -2.21. The molecule has 0 bridgehead atoms. The molecule has 0 aliphatic rings. The highest BCUT2D eigenvalue weighted by Gasteiger charge is 2.30. The Morgan fingerprint density at radius 3 is 0.835 bits per heavy atom. The summed E-state index contributed by atoms with van der Waals surface area (Å²) in [6.45, 7) is 11.8. The Balaban J connectivity index is 5.13. The molecule has 17 nitrogen and oxygen atoms in total. The molecule has 19 heteroatoms.